The van der Waals surface area contributed by atoms with Gasteiger partial charge in [-0.2, -0.15) is 0 Å². The largest absolute Gasteiger partial charge is 0.378 e. The van der Waals surface area contributed by atoms with E-state index in [-0.39, 0.29) is 11.4 Å². The van der Waals surface area contributed by atoms with E-state index in [2.05, 4.69) is 17.6 Å². The molecule has 1 fully saturated rings. The average molecular weight is 261 g/mol. The SMILES string of the molecule is CCC1(C(=O)Nc2cccc(N(C)C)c2)CCCN1. The van der Waals surface area contributed by atoms with Crippen LogP contribution in [0, 0.1) is 0 Å². The van der Waals surface area contributed by atoms with Gasteiger partial charge in [-0.25, -0.2) is 0 Å². The van der Waals surface area contributed by atoms with Crippen LogP contribution in [0.25, 0.3) is 0 Å². The fraction of sp³-hybridized carbons (Fsp3) is 0.533. The van der Waals surface area contributed by atoms with Crippen LogP contribution in [0.2, 0.25) is 0 Å². The van der Waals surface area contributed by atoms with E-state index in [9.17, 15) is 4.79 Å². The molecule has 1 aromatic carbocycles. The maximum atomic E-state index is 12.5. The van der Waals surface area contributed by atoms with Gasteiger partial charge in [0.1, 0.15) is 0 Å². The van der Waals surface area contributed by atoms with Gasteiger partial charge in [-0.1, -0.05) is 13.0 Å². The molecule has 0 saturated carbocycles. The predicted octanol–water partition coefficient (Wildman–Crippen LogP) is 2.22. The molecule has 0 bridgehead atoms. The predicted molar refractivity (Wildman–Crippen MR) is 79.7 cm³/mol. The molecule has 4 heteroatoms. The van der Waals surface area contributed by atoms with Gasteiger partial charge in [-0.05, 0) is 44.0 Å². The summed E-state index contributed by atoms with van der Waals surface area (Å²) in [6, 6.07) is 7.92. The molecule has 104 valence electrons. The van der Waals surface area contributed by atoms with Gasteiger partial charge >= 0.3 is 0 Å². The Hall–Kier alpha value is -1.55. The van der Waals surface area contributed by atoms with E-state index < -0.39 is 0 Å². The Morgan fingerprint density at radius 3 is 2.84 bits per heavy atom. The highest BCUT2D eigenvalue weighted by atomic mass is 16.2. The van der Waals surface area contributed by atoms with E-state index in [0.717, 1.165) is 37.2 Å². The quantitative estimate of drug-likeness (QED) is 0.873. The Labute approximate surface area is 115 Å². The van der Waals surface area contributed by atoms with Crippen LogP contribution in [0.1, 0.15) is 26.2 Å². The molecule has 0 radical (unpaired) electrons. The molecule has 1 amide bonds. The molecule has 4 nitrogen and oxygen atoms in total. The van der Waals surface area contributed by atoms with Crippen molar-refractivity contribution in [2.45, 2.75) is 31.7 Å². The summed E-state index contributed by atoms with van der Waals surface area (Å²) in [7, 11) is 3.99. The number of amides is 1. The summed E-state index contributed by atoms with van der Waals surface area (Å²) < 4.78 is 0. The lowest BCUT2D eigenvalue weighted by Crippen LogP contribution is -2.50. The normalized spacial score (nSPS) is 22.3. The first-order valence-corrected chi connectivity index (χ1v) is 6.91. The minimum absolute atomic E-state index is 0.0865. The van der Waals surface area contributed by atoms with Gasteiger partial charge in [-0.15, -0.1) is 0 Å². The van der Waals surface area contributed by atoms with Gasteiger partial charge in [0.05, 0.1) is 5.54 Å². The third kappa shape index (κ3) is 2.89. The molecule has 0 aliphatic carbocycles. The van der Waals surface area contributed by atoms with E-state index >= 15 is 0 Å². The van der Waals surface area contributed by atoms with Crippen molar-refractivity contribution < 1.29 is 4.79 Å². The first-order valence-electron chi connectivity index (χ1n) is 6.91. The Morgan fingerprint density at radius 1 is 1.47 bits per heavy atom. The van der Waals surface area contributed by atoms with Crippen LogP contribution in [-0.4, -0.2) is 32.1 Å². The summed E-state index contributed by atoms with van der Waals surface area (Å²) in [4.78, 5) is 14.5. The zero-order chi connectivity index (χ0) is 13.9. The van der Waals surface area contributed by atoms with Gasteiger partial charge < -0.3 is 15.5 Å². The Morgan fingerprint density at radius 2 is 2.26 bits per heavy atom. The molecule has 1 saturated heterocycles. The minimum Gasteiger partial charge on any atom is -0.378 e. The number of nitrogens with zero attached hydrogens (tertiary/aromatic N) is 1. The summed E-state index contributed by atoms with van der Waals surface area (Å²) >= 11 is 0. The lowest BCUT2D eigenvalue weighted by atomic mass is 9.93. The number of rotatable bonds is 4. The molecule has 1 aliphatic rings. The topological polar surface area (TPSA) is 44.4 Å². The third-order valence-electron chi connectivity index (χ3n) is 3.90. The van der Waals surface area contributed by atoms with Gasteiger partial charge in [-0.3, -0.25) is 4.79 Å². The van der Waals surface area contributed by atoms with Gasteiger partial charge in [0.2, 0.25) is 5.91 Å². The van der Waals surface area contributed by atoms with Gasteiger partial charge in [0, 0.05) is 25.5 Å². The Kier molecular flexibility index (Phi) is 4.10. The number of hydrogen-bond acceptors (Lipinski definition) is 3. The highest BCUT2D eigenvalue weighted by Gasteiger charge is 2.38. The first-order chi connectivity index (χ1) is 9.07. The second-order valence-electron chi connectivity index (χ2n) is 5.36. The summed E-state index contributed by atoms with van der Waals surface area (Å²) in [5.74, 6) is 0.0865. The van der Waals surface area contributed by atoms with Crippen molar-refractivity contribution in [1.29, 1.82) is 0 Å². The molecule has 1 heterocycles. The molecule has 2 rings (SSSR count). The van der Waals surface area contributed by atoms with Crippen LogP contribution in [0.15, 0.2) is 24.3 Å². The van der Waals surface area contributed by atoms with Gasteiger partial charge in [0.15, 0.2) is 0 Å². The molecule has 1 aliphatic heterocycles. The summed E-state index contributed by atoms with van der Waals surface area (Å²) in [6.07, 6.45) is 2.81. The standard InChI is InChI=1S/C15H23N3O/c1-4-15(9-6-10-16-15)14(19)17-12-7-5-8-13(11-12)18(2)3/h5,7-8,11,16H,4,6,9-10H2,1-3H3,(H,17,19). The maximum absolute atomic E-state index is 12.5. The molecule has 1 atom stereocenters. The second kappa shape index (κ2) is 5.61. The number of carbonyl (C=O) groups excluding carboxylic acids is 1. The van der Waals surface area contributed by atoms with E-state index in [1.807, 2.05) is 43.3 Å². The number of benzene rings is 1. The van der Waals surface area contributed by atoms with Crippen molar-refractivity contribution in [3.8, 4) is 0 Å². The monoisotopic (exact) mass is 261 g/mol. The summed E-state index contributed by atoms with van der Waals surface area (Å²) in [5, 5.41) is 6.40. The van der Waals surface area contributed by atoms with Gasteiger partial charge in [0.25, 0.3) is 0 Å². The molecular formula is C15H23N3O. The first kappa shape index (κ1) is 13.9. The lowest BCUT2D eigenvalue weighted by molar-refractivity contribution is -0.122. The average Bonchev–Trinajstić information content (AvgIpc) is 2.89. The van der Waals surface area contributed by atoms with Crippen molar-refractivity contribution >= 4 is 17.3 Å². The van der Waals surface area contributed by atoms with Crippen LogP contribution in [0.4, 0.5) is 11.4 Å². The molecular weight excluding hydrogens is 238 g/mol. The molecule has 19 heavy (non-hydrogen) atoms. The van der Waals surface area contributed by atoms with E-state index in [1.54, 1.807) is 0 Å². The number of carbonyl (C=O) groups is 1. The fourth-order valence-electron chi connectivity index (χ4n) is 2.57. The van der Waals surface area contributed by atoms with Crippen LogP contribution in [0.5, 0.6) is 0 Å². The van der Waals surface area contributed by atoms with Crippen molar-refractivity contribution in [1.82, 2.24) is 5.32 Å². The van der Waals surface area contributed by atoms with Crippen LogP contribution in [-0.2, 0) is 4.79 Å². The highest BCUT2D eigenvalue weighted by Crippen LogP contribution is 2.25. The Balaban J connectivity index is 2.12. The summed E-state index contributed by atoms with van der Waals surface area (Å²) in [5.41, 5.74) is 1.56. The molecule has 1 unspecified atom stereocenters. The van der Waals surface area contributed by atoms with Crippen molar-refractivity contribution in [2.24, 2.45) is 0 Å². The smallest absolute Gasteiger partial charge is 0.244 e. The Bertz CT molecular complexity index is 450. The zero-order valence-electron chi connectivity index (χ0n) is 12.0. The maximum Gasteiger partial charge on any atom is 0.244 e. The third-order valence-corrected chi connectivity index (χ3v) is 3.90. The summed E-state index contributed by atoms with van der Waals surface area (Å²) in [6.45, 7) is 2.99. The van der Waals surface area contributed by atoms with Crippen molar-refractivity contribution in [3.63, 3.8) is 0 Å². The van der Waals surface area contributed by atoms with Crippen molar-refractivity contribution in [2.75, 3.05) is 30.9 Å². The van der Waals surface area contributed by atoms with Crippen LogP contribution >= 0.6 is 0 Å². The number of nitrogens with one attached hydrogen (secondary N) is 2. The zero-order valence-corrected chi connectivity index (χ0v) is 12.0. The molecule has 0 spiro atoms. The molecule has 2 N–H and O–H groups in total. The lowest BCUT2D eigenvalue weighted by Gasteiger charge is -2.27. The molecule has 1 aromatic rings. The van der Waals surface area contributed by atoms with Crippen LogP contribution < -0.4 is 15.5 Å². The number of anilines is 2. The highest BCUT2D eigenvalue weighted by molar-refractivity contribution is 5.98. The fourth-order valence-corrected chi connectivity index (χ4v) is 2.57. The molecule has 0 aromatic heterocycles. The van der Waals surface area contributed by atoms with E-state index in [4.69, 9.17) is 0 Å². The van der Waals surface area contributed by atoms with E-state index in [1.165, 1.54) is 0 Å². The van der Waals surface area contributed by atoms with Crippen molar-refractivity contribution in [3.05, 3.63) is 24.3 Å². The van der Waals surface area contributed by atoms with Crippen LogP contribution in [0.3, 0.4) is 0 Å². The van der Waals surface area contributed by atoms with E-state index in [0.29, 0.717) is 0 Å². The number of hydrogen-bond donors (Lipinski definition) is 2. The second-order valence-corrected chi connectivity index (χ2v) is 5.36. The minimum atomic E-state index is -0.381.